The summed E-state index contributed by atoms with van der Waals surface area (Å²) in [6, 6.07) is 0.544. The van der Waals surface area contributed by atoms with Gasteiger partial charge in [-0.05, 0) is 31.1 Å². The third-order valence-electron chi connectivity index (χ3n) is 3.73. The van der Waals surface area contributed by atoms with Crippen molar-refractivity contribution in [2.75, 3.05) is 12.4 Å². The van der Waals surface area contributed by atoms with Crippen molar-refractivity contribution in [3.63, 3.8) is 0 Å². The zero-order chi connectivity index (χ0) is 9.54. The zero-order valence-corrected chi connectivity index (χ0v) is 8.36. The predicted molar refractivity (Wildman–Crippen MR) is 52.0 cm³/mol. The molecule has 1 aromatic rings. The molecule has 0 radical (unpaired) electrons. The normalized spacial score (nSPS) is 35.1. The van der Waals surface area contributed by atoms with Gasteiger partial charge in [-0.25, -0.2) is 0 Å². The van der Waals surface area contributed by atoms with Crippen molar-refractivity contribution in [3.05, 3.63) is 5.82 Å². The standard InChI is InChI=1S/C10H15N3O/c1-11-10-12-9(13-14-10)8-5-6-2-3-7(8)4-6/h6-8H,2-5H2,1H3,(H,11,12,13). The van der Waals surface area contributed by atoms with Crippen LogP contribution in [-0.2, 0) is 0 Å². The SMILES string of the molecule is CNc1nc(C2CC3CCC2C3)no1. The smallest absolute Gasteiger partial charge is 0.321 e. The van der Waals surface area contributed by atoms with Crippen LogP contribution in [-0.4, -0.2) is 17.2 Å². The molecular weight excluding hydrogens is 178 g/mol. The quantitative estimate of drug-likeness (QED) is 0.780. The van der Waals surface area contributed by atoms with Crippen molar-refractivity contribution in [2.45, 2.75) is 31.6 Å². The fourth-order valence-corrected chi connectivity index (χ4v) is 3.05. The Bertz CT molecular complexity index is 336. The second-order valence-electron chi connectivity index (χ2n) is 4.49. The number of hydrogen-bond acceptors (Lipinski definition) is 4. The van der Waals surface area contributed by atoms with Crippen molar-refractivity contribution in [3.8, 4) is 0 Å². The van der Waals surface area contributed by atoms with Crippen LogP contribution in [0.5, 0.6) is 0 Å². The summed E-state index contributed by atoms with van der Waals surface area (Å²) < 4.78 is 5.06. The molecule has 0 spiro atoms. The Morgan fingerprint density at radius 2 is 2.29 bits per heavy atom. The largest absolute Gasteiger partial charge is 0.341 e. The van der Waals surface area contributed by atoms with Gasteiger partial charge in [-0.15, -0.1) is 0 Å². The maximum atomic E-state index is 5.06. The molecule has 1 N–H and O–H groups in total. The molecule has 0 aromatic carbocycles. The third-order valence-corrected chi connectivity index (χ3v) is 3.73. The van der Waals surface area contributed by atoms with E-state index in [1.54, 1.807) is 7.05 Å². The van der Waals surface area contributed by atoms with Crippen LogP contribution in [0.25, 0.3) is 0 Å². The van der Waals surface area contributed by atoms with Gasteiger partial charge in [-0.3, -0.25) is 0 Å². The Kier molecular flexibility index (Phi) is 1.75. The lowest BCUT2D eigenvalue weighted by Crippen LogP contribution is -2.10. The summed E-state index contributed by atoms with van der Waals surface area (Å²) in [7, 11) is 1.80. The first-order valence-electron chi connectivity index (χ1n) is 5.38. The molecule has 1 heterocycles. The monoisotopic (exact) mass is 193 g/mol. The fourth-order valence-electron chi connectivity index (χ4n) is 3.05. The van der Waals surface area contributed by atoms with Gasteiger partial charge < -0.3 is 9.84 Å². The summed E-state index contributed by atoms with van der Waals surface area (Å²) in [6.07, 6.45) is 5.43. The van der Waals surface area contributed by atoms with E-state index in [9.17, 15) is 0 Å². The highest BCUT2D eigenvalue weighted by Gasteiger charge is 2.42. The molecule has 0 saturated heterocycles. The van der Waals surface area contributed by atoms with Crippen LogP contribution in [0.1, 0.15) is 37.4 Å². The molecule has 0 aliphatic heterocycles. The van der Waals surface area contributed by atoms with Crippen molar-refractivity contribution < 1.29 is 4.52 Å². The second kappa shape index (κ2) is 2.97. The molecule has 76 valence electrons. The molecule has 4 nitrogen and oxygen atoms in total. The fraction of sp³-hybridized carbons (Fsp3) is 0.800. The molecule has 0 amide bonds. The summed E-state index contributed by atoms with van der Waals surface area (Å²) in [5.74, 6) is 3.24. The Labute approximate surface area is 83.1 Å². The van der Waals surface area contributed by atoms with Gasteiger partial charge in [0.05, 0.1) is 0 Å². The maximum Gasteiger partial charge on any atom is 0.321 e. The average molecular weight is 193 g/mol. The minimum absolute atomic E-state index is 0.544. The highest BCUT2D eigenvalue weighted by Crippen LogP contribution is 2.52. The molecule has 14 heavy (non-hydrogen) atoms. The number of hydrogen-bond donors (Lipinski definition) is 1. The summed E-state index contributed by atoms with van der Waals surface area (Å²) in [5.41, 5.74) is 0. The first kappa shape index (κ1) is 8.26. The Balaban J connectivity index is 1.82. The molecule has 1 aromatic heterocycles. The molecule has 2 aliphatic rings. The van der Waals surface area contributed by atoms with Gasteiger partial charge in [-0.2, -0.15) is 4.98 Å². The molecule has 2 fully saturated rings. The molecule has 2 aliphatic carbocycles. The molecular formula is C10H15N3O. The lowest BCUT2D eigenvalue weighted by Gasteiger charge is -2.17. The lowest BCUT2D eigenvalue weighted by molar-refractivity contribution is 0.373. The second-order valence-corrected chi connectivity index (χ2v) is 4.49. The molecule has 3 atom stereocenters. The average Bonchev–Trinajstić information content (AvgIpc) is 2.93. The summed E-state index contributed by atoms with van der Waals surface area (Å²) >= 11 is 0. The van der Waals surface area contributed by atoms with E-state index in [1.165, 1.54) is 25.7 Å². The first-order valence-corrected chi connectivity index (χ1v) is 5.38. The number of nitrogens with one attached hydrogen (secondary N) is 1. The van der Waals surface area contributed by atoms with Gasteiger partial charge in [0, 0.05) is 13.0 Å². The molecule has 3 rings (SSSR count). The predicted octanol–water partition coefficient (Wildman–Crippen LogP) is 2.01. The van der Waals surface area contributed by atoms with E-state index in [2.05, 4.69) is 15.5 Å². The number of aromatic nitrogens is 2. The van der Waals surface area contributed by atoms with Gasteiger partial charge in [0.2, 0.25) is 0 Å². The summed E-state index contributed by atoms with van der Waals surface area (Å²) in [5, 5.41) is 6.91. The number of nitrogens with zero attached hydrogens (tertiary/aromatic N) is 2. The van der Waals surface area contributed by atoms with Crippen molar-refractivity contribution >= 4 is 6.01 Å². The van der Waals surface area contributed by atoms with Crippen LogP contribution in [0.2, 0.25) is 0 Å². The highest BCUT2D eigenvalue weighted by atomic mass is 16.5. The summed E-state index contributed by atoms with van der Waals surface area (Å²) in [4.78, 5) is 4.34. The van der Waals surface area contributed by atoms with Gasteiger partial charge in [0.15, 0.2) is 5.82 Å². The molecule has 3 unspecified atom stereocenters. The molecule has 4 heteroatoms. The van der Waals surface area contributed by atoms with E-state index < -0.39 is 0 Å². The zero-order valence-electron chi connectivity index (χ0n) is 8.36. The highest BCUT2D eigenvalue weighted by molar-refractivity contribution is 5.18. The van der Waals surface area contributed by atoms with Crippen LogP contribution < -0.4 is 5.32 Å². The Morgan fingerprint density at radius 1 is 1.36 bits per heavy atom. The Morgan fingerprint density at radius 3 is 2.86 bits per heavy atom. The topological polar surface area (TPSA) is 51.0 Å². The van der Waals surface area contributed by atoms with E-state index in [-0.39, 0.29) is 0 Å². The molecule has 2 bridgehead atoms. The minimum Gasteiger partial charge on any atom is -0.341 e. The minimum atomic E-state index is 0.544. The lowest BCUT2D eigenvalue weighted by atomic mass is 9.88. The van der Waals surface area contributed by atoms with E-state index in [1.807, 2.05) is 0 Å². The van der Waals surface area contributed by atoms with Gasteiger partial charge in [0.1, 0.15) is 0 Å². The van der Waals surface area contributed by atoms with E-state index in [0.29, 0.717) is 11.9 Å². The van der Waals surface area contributed by atoms with E-state index >= 15 is 0 Å². The number of anilines is 1. The molecule has 2 saturated carbocycles. The summed E-state index contributed by atoms with van der Waals surface area (Å²) in [6.45, 7) is 0. The van der Waals surface area contributed by atoms with Gasteiger partial charge >= 0.3 is 6.01 Å². The van der Waals surface area contributed by atoms with Crippen LogP contribution in [0.3, 0.4) is 0 Å². The van der Waals surface area contributed by atoms with Crippen molar-refractivity contribution in [1.29, 1.82) is 0 Å². The van der Waals surface area contributed by atoms with Crippen LogP contribution in [0, 0.1) is 11.8 Å². The van der Waals surface area contributed by atoms with Crippen LogP contribution >= 0.6 is 0 Å². The van der Waals surface area contributed by atoms with Crippen molar-refractivity contribution in [1.82, 2.24) is 10.1 Å². The van der Waals surface area contributed by atoms with E-state index in [0.717, 1.165) is 17.7 Å². The number of fused-ring (bicyclic) bond motifs is 2. The van der Waals surface area contributed by atoms with Gasteiger partial charge in [-0.1, -0.05) is 11.6 Å². The number of rotatable bonds is 2. The first-order chi connectivity index (χ1) is 6.86. The van der Waals surface area contributed by atoms with E-state index in [4.69, 9.17) is 4.52 Å². The third kappa shape index (κ3) is 1.13. The van der Waals surface area contributed by atoms with Crippen molar-refractivity contribution in [2.24, 2.45) is 11.8 Å². The van der Waals surface area contributed by atoms with Crippen LogP contribution in [0.4, 0.5) is 6.01 Å². The van der Waals surface area contributed by atoms with Crippen LogP contribution in [0.15, 0.2) is 4.52 Å². The maximum absolute atomic E-state index is 5.06. The Hall–Kier alpha value is -1.06. The van der Waals surface area contributed by atoms with Gasteiger partial charge in [0.25, 0.3) is 0 Å².